The maximum absolute atomic E-state index is 9.32. The van der Waals surface area contributed by atoms with E-state index in [2.05, 4.69) is 4.31 Å². The Balaban J connectivity index is -0.00000000889. The average Bonchev–Trinajstić information content (AvgIpc) is 1.14. The zero-order valence-corrected chi connectivity index (χ0v) is 32.5. The molecule has 18 heteroatoms. The molecule has 0 N–H and O–H groups in total. The molecule has 0 amide bonds. The van der Waals surface area contributed by atoms with Crippen LogP contribution in [0.2, 0.25) is 0 Å². The van der Waals surface area contributed by atoms with Gasteiger partial charge in [0.15, 0.2) is 0 Å². The van der Waals surface area contributed by atoms with Crippen molar-refractivity contribution in [3.63, 3.8) is 0 Å². The van der Waals surface area contributed by atoms with Crippen LogP contribution in [0.3, 0.4) is 0 Å². The van der Waals surface area contributed by atoms with E-state index in [-0.39, 0.29) is 266 Å². The van der Waals surface area contributed by atoms with E-state index >= 15 is 0 Å². The van der Waals surface area contributed by atoms with Crippen LogP contribution in [0.1, 0.15) is 0 Å². The van der Waals surface area contributed by atoms with E-state index in [4.69, 9.17) is 0 Å². The second kappa shape index (κ2) is 33.8. The van der Waals surface area contributed by atoms with Gasteiger partial charge in [0, 0.05) is 0 Å². The van der Waals surface area contributed by atoms with Crippen molar-refractivity contribution in [3.8, 4) is 0 Å². The molecule has 0 aliphatic rings. The minimum Gasteiger partial charge on any atom is -0.790 e. The molecule has 0 atom stereocenters. The monoisotopic (exact) mass is 381 g/mol. The Labute approximate surface area is 305 Å². The molecule has 18 heavy (non-hydrogen) atoms. The third-order valence-corrected chi connectivity index (χ3v) is 1.80. The summed E-state index contributed by atoms with van der Waals surface area (Å²) in [4.78, 5) is 37.3. The van der Waals surface area contributed by atoms with Crippen LogP contribution in [-0.4, -0.2) is 0 Å². The molecule has 0 aromatic rings. The van der Waals surface area contributed by atoms with Gasteiger partial charge in [0.05, 0.1) is 15.6 Å². The van der Waals surface area contributed by atoms with Crippen LogP contribution in [-0.2, 0) is 13.4 Å². The first kappa shape index (κ1) is 63.1. The summed E-state index contributed by atoms with van der Waals surface area (Å²) in [5.74, 6) is 0. The van der Waals surface area contributed by atoms with Crippen LogP contribution in [0, 0.1) is 0 Å². The fourth-order valence-corrected chi connectivity index (χ4v) is 1.10. The molecular formula is Na9O7P2+5. The molecule has 0 saturated carbocycles. The molecule has 0 spiro atoms. The van der Waals surface area contributed by atoms with E-state index in [0.717, 1.165) is 0 Å². The van der Waals surface area contributed by atoms with Crippen molar-refractivity contribution >= 4 is 15.6 Å². The minimum atomic E-state index is -5.68. The molecule has 7 nitrogen and oxygen atoms in total. The van der Waals surface area contributed by atoms with Gasteiger partial charge in [-0.05, 0) is 0 Å². The summed E-state index contributed by atoms with van der Waals surface area (Å²) in [6, 6.07) is 0. The molecular weight excluding hydrogens is 381 g/mol. The first-order valence-electron chi connectivity index (χ1n) is 1.46. The third-order valence-electron chi connectivity index (χ3n) is 0.200. The first-order chi connectivity index (χ1) is 3.71. The van der Waals surface area contributed by atoms with Crippen LogP contribution in [0.25, 0.3) is 0 Å². The third kappa shape index (κ3) is 63.8. The van der Waals surface area contributed by atoms with Crippen LogP contribution in [0.4, 0.5) is 0 Å². The molecule has 56 valence electrons. The van der Waals surface area contributed by atoms with Gasteiger partial charge in [-0.15, -0.1) is 0 Å². The predicted octanol–water partition coefficient (Wildman–Crippen LogP) is -30.3. The van der Waals surface area contributed by atoms with E-state index in [1.54, 1.807) is 0 Å². The van der Waals surface area contributed by atoms with E-state index in [0.29, 0.717) is 0 Å². The van der Waals surface area contributed by atoms with Gasteiger partial charge < -0.3 is 33.0 Å². The van der Waals surface area contributed by atoms with Crippen LogP contribution >= 0.6 is 15.6 Å². The second-order valence-electron chi connectivity index (χ2n) is 0.976. The summed E-state index contributed by atoms with van der Waals surface area (Å²) in [7, 11) is -11.4. The van der Waals surface area contributed by atoms with Gasteiger partial charge in [-0.3, -0.25) is 0 Å². The average molecular weight is 381 g/mol. The van der Waals surface area contributed by atoms with Crippen molar-refractivity contribution in [2.45, 2.75) is 0 Å². The summed E-state index contributed by atoms with van der Waals surface area (Å²) in [5.41, 5.74) is 0. The zero-order chi connectivity index (χ0) is 7.71. The van der Waals surface area contributed by atoms with Crippen LogP contribution < -0.4 is 286 Å². The van der Waals surface area contributed by atoms with Gasteiger partial charge in [-0.1, -0.05) is 0 Å². The summed E-state index contributed by atoms with van der Waals surface area (Å²) >= 11 is 0. The Bertz CT molecular complexity index is 165. The number of hydrogen-bond donors (Lipinski definition) is 0. The molecule has 0 rings (SSSR count). The summed E-state index contributed by atoms with van der Waals surface area (Å²) in [6.45, 7) is 0. The smallest absolute Gasteiger partial charge is 0.790 e. The van der Waals surface area contributed by atoms with Gasteiger partial charge >= 0.3 is 266 Å². The number of phosphoric acid groups is 2. The number of hydrogen-bond acceptors (Lipinski definition) is 7. The molecule has 0 aromatic carbocycles. The van der Waals surface area contributed by atoms with E-state index < -0.39 is 15.6 Å². The molecule has 0 saturated heterocycles. The van der Waals surface area contributed by atoms with Gasteiger partial charge in [0.25, 0.3) is 0 Å². The van der Waals surface area contributed by atoms with E-state index in [1.807, 2.05) is 0 Å². The van der Waals surface area contributed by atoms with Crippen LogP contribution in [0.15, 0.2) is 0 Å². The Morgan fingerprint density at radius 1 is 0.500 bits per heavy atom. The molecule has 0 aliphatic carbocycles. The van der Waals surface area contributed by atoms with Crippen molar-refractivity contribution < 1.29 is 299 Å². The van der Waals surface area contributed by atoms with Gasteiger partial charge in [0.2, 0.25) is 0 Å². The van der Waals surface area contributed by atoms with E-state index in [1.165, 1.54) is 0 Å². The Morgan fingerprint density at radius 2 is 0.611 bits per heavy atom. The van der Waals surface area contributed by atoms with E-state index in [9.17, 15) is 28.7 Å². The van der Waals surface area contributed by atoms with Crippen molar-refractivity contribution in [1.82, 2.24) is 0 Å². The quantitative estimate of drug-likeness (QED) is 0.342. The summed E-state index contributed by atoms with van der Waals surface area (Å²) in [5, 5.41) is 0. The Morgan fingerprint density at radius 3 is 0.611 bits per heavy atom. The standard InChI is InChI=1S/9Na.H4O7P2/c;;;;;;;;;1-8(2,3)7-9(4,5)6/h;;;;;;;;;(H2,1,2,3)(H2,4,5,6)/q9*+1;/p-4. The largest absolute Gasteiger partial charge is 1.00 e. The Kier molecular flexibility index (Phi) is 119. The van der Waals surface area contributed by atoms with Crippen molar-refractivity contribution in [2.75, 3.05) is 0 Å². The topological polar surface area (TPSA) is 136 Å². The van der Waals surface area contributed by atoms with Gasteiger partial charge in [-0.25, -0.2) is 0 Å². The predicted molar refractivity (Wildman–Crippen MR) is 16.3 cm³/mol. The fourth-order valence-electron chi connectivity index (χ4n) is 0.122. The molecule has 0 unspecified atom stereocenters. The normalized spacial score (nSPS) is 6.89. The first-order valence-corrected chi connectivity index (χ1v) is 4.38. The van der Waals surface area contributed by atoms with Gasteiger partial charge in [0.1, 0.15) is 0 Å². The molecule has 0 heterocycles. The number of rotatable bonds is 2. The maximum Gasteiger partial charge on any atom is 1.00 e. The SMILES string of the molecule is O=P([O-])([O-])OP(=O)([O-])[O-].[Na+].[Na+].[Na+].[Na+].[Na+].[Na+].[Na+].[Na+].[Na+]. The molecule has 0 aromatic heterocycles. The molecule has 0 bridgehead atoms. The van der Waals surface area contributed by atoms with Crippen molar-refractivity contribution in [1.29, 1.82) is 0 Å². The van der Waals surface area contributed by atoms with Crippen molar-refractivity contribution in [3.05, 3.63) is 0 Å². The van der Waals surface area contributed by atoms with Crippen molar-refractivity contribution in [2.24, 2.45) is 0 Å². The maximum atomic E-state index is 9.32. The molecule has 0 radical (unpaired) electrons. The summed E-state index contributed by atoms with van der Waals surface area (Å²) < 4.78 is 21.2. The molecule has 0 fully saturated rings. The zero-order valence-electron chi connectivity index (χ0n) is 12.8. The fraction of sp³-hybridized carbons (Fsp3) is 0. The second-order valence-corrected chi connectivity index (χ2v) is 3.42. The summed E-state index contributed by atoms with van der Waals surface area (Å²) in [6.07, 6.45) is 0. The van der Waals surface area contributed by atoms with Gasteiger partial charge in [-0.2, -0.15) is 0 Å². The minimum absolute atomic E-state index is 0. The Hall–Kier alpha value is 9.26. The van der Waals surface area contributed by atoms with Crippen LogP contribution in [0.5, 0.6) is 0 Å². The molecule has 0 aliphatic heterocycles.